The van der Waals surface area contributed by atoms with E-state index in [1.165, 1.54) is 6.20 Å². The number of anilines is 3. The number of amides is 1. The molecule has 33 heavy (non-hydrogen) atoms. The summed E-state index contributed by atoms with van der Waals surface area (Å²) in [7, 11) is 0. The molecular formula is C24H23FN6O2. The molecule has 3 aromatic rings. The Morgan fingerprint density at radius 1 is 1.30 bits per heavy atom. The standard InChI is InChI=1S/C24H23FN6O2/c1-12-17(10-29-19-3-2-4-28-23(12)19)16-7-14-8-20(30-11-18(14)22(27)21(16)25)31-24(32)33-15-5-13(6-15)9-26/h7-8,10-11,13,15,28H,2-6,27H2,1H3,(H,30,31,32)/t13-,15+. The molecule has 168 valence electrons. The van der Waals surface area contributed by atoms with Gasteiger partial charge in [0.15, 0.2) is 5.82 Å². The fourth-order valence-corrected chi connectivity index (χ4v) is 4.43. The highest BCUT2D eigenvalue weighted by Crippen LogP contribution is 2.38. The van der Waals surface area contributed by atoms with Crippen molar-refractivity contribution in [2.24, 2.45) is 5.92 Å². The summed E-state index contributed by atoms with van der Waals surface area (Å²) >= 11 is 0. The molecule has 0 bridgehead atoms. The van der Waals surface area contributed by atoms with Crippen molar-refractivity contribution in [3.05, 3.63) is 41.6 Å². The number of hydrogen-bond acceptors (Lipinski definition) is 7. The van der Waals surface area contributed by atoms with Crippen LogP contribution in [0.2, 0.25) is 0 Å². The van der Waals surface area contributed by atoms with Crippen molar-refractivity contribution >= 4 is 34.1 Å². The molecule has 0 atom stereocenters. The lowest BCUT2D eigenvalue weighted by Gasteiger charge is -2.29. The third-order valence-electron chi connectivity index (χ3n) is 6.38. The zero-order chi connectivity index (χ0) is 23.1. The van der Waals surface area contributed by atoms with Gasteiger partial charge in [0.25, 0.3) is 0 Å². The zero-order valence-electron chi connectivity index (χ0n) is 18.1. The fourth-order valence-electron chi connectivity index (χ4n) is 4.43. The van der Waals surface area contributed by atoms with Gasteiger partial charge in [0.2, 0.25) is 0 Å². The highest BCUT2D eigenvalue weighted by molar-refractivity contribution is 5.99. The Morgan fingerprint density at radius 2 is 2.12 bits per heavy atom. The van der Waals surface area contributed by atoms with Crippen LogP contribution in [0.1, 0.15) is 30.5 Å². The summed E-state index contributed by atoms with van der Waals surface area (Å²) < 4.78 is 20.6. The summed E-state index contributed by atoms with van der Waals surface area (Å²) in [5, 5.41) is 15.9. The van der Waals surface area contributed by atoms with Crippen LogP contribution in [0, 0.1) is 30.0 Å². The first-order valence-corrected chi connectivity index (χ1v) is 10.9. The van der Waals surface area contributed by atoms with E-state index in [0.717, 1.165) is 36.3 Å². The average molecular weight is 446 g/mol. The lowest BCUT2D eigenvalue weighted by atomic mass is 9.84. The van der Waals surface area contributed by atoms with Gasteiger partial charge in [-0.25, -0.2) is 14.2 Å². The Morgan fingerprint density at radius 3 is 2.91 bits per heavy atom. The molecule has 1 aliphatic carbocycles. The molecule has 2 aromatic heterocycles. The Bertz CT molecular complexity index is 1310. The molecule has 1 saturated carbocycles. The average Bonchev–Trinajstić information content (AvgIpc) is 2.79. The van der Waals surface area contributed by atoms with E-state index in [1.807, 2.05) is 6.92 Å². The van der Waals surface area contributed by atoms with E-state index in [1.54, 1.807) is 18.3 Å². The minimum atomic E-state index is -0.639. The van der Waals surface area contributed by atoms with E-state index in [4.69, 9.17) is 15.7 Å². The number of fused-ring (bicyclic) bond motifs is 2. The minimum Gasteiger partial charge on any atom is -0.446 e. The van der Waals surface area contributed by atoms with Crippen molar-refractivity contribution in [3.63, 3.8) is 0 Å². The van der Waals surface area contributed by atoms with Gasteiger partial charge in [0, 0.05) is 48.3 Å². The molecule has 0 saturated heterocycles. The highest BCUT2D eigenvalue weighted by atomic mass is 19.1. The molecular weight excluding hydrogens is 423 g/mol. The SMILES string of the molecule is Cc1c(-c2cc3cc(NC(=O)O[C@H]4C[C@@H](C#N)C4)ncc3c(N)c2F)cnc2c1NCCC2. The number of benzene rings is 1. The predicted molar refractivity (Wildman–Crippen MR) is 123 cm³/mol. The van der Waals surface area contributed by atoms with Crippen LogP contribution in [-0.4, -0.2) is 28.7 Å². The first kappa shape index (κ1) is 20.9. The van der Waals surface area contributed by atoms with E-state index < -0.39 is 11.9 Å². The number of aromatic nitrogens is 2. The zero-order valence-corrected chi connectivity index (χ0v) is 18.1. The topological polar surface area (TPSA) is 126 Å². The number of carbonyl (C=O) groups is 1. The van der Waals surface area contributed by atoms with Crippen LogP contribution in [0.4, 0.5) is 26.4 Å². The molecule has 0 unspecified atom stereocenters. The fraction of sp³-hybridized carbons (Fsp3) is 0.333. The summed E-state index contributed by atoms with van der Waals surface area (Å²) in [6.45, 7) is 2.80. The van der Waals surface area contributed by atoms with Gasteiger partial charge in [-0.3, -0.25) is 10.3 Å². The number of nitriles is 1. The molecule has 2 aliphatic rings. The van der Waals surface area contributed by atoms with E-state index >= 15 is 4.39 Å². The second kappa shape index (κ2) is 8.20. The molecule has 9 heteroatoms. The van der Waals surface area contributed by atoms with Crippen molar-refractivity contribution < 1.29 is 13.9 Å². The maximum absolute atomic E-state index is 15.3. The predicted octanol–water partition coefficient (Wildman–Crippen LogP) is 4.54. The maximum atomic E-state index is 15.3. The number of ether oxygens (including phenoxy) is 1. The molecule has 1 aromatic carbocycles. The summed E-state index contributed by atoms with van der Waals surface area (Å²) in [5.41, 5.74) is 9.98. The van der Waals surface area contributed by atoms with Gasteiger partial charge in [-0.1, -0.05) is 0 Å². The number of hydrogen-bond donors (Lipinski definition) is 3. The van der Waals surface area contributed by atoms with Gasteiger partial charge in [-0.2, -0.15) is 5.26 Å². The number of rotatable bonds is 3. The number of pyridine rings is 2. The molecule has 5 rings (SSSR count). The van der Waals surface area contributed by atoms with Crippen LogP contribution in [0.15, 0.2) is 24.5 Å². The summed E-state index contributed by atoms with van der Waals surface area (Å²) in [6.07, 6.45) is 5.20. The van der Waals surface area contributed by atoms with Crippen LogP contribution in [0.5, 0.6) is 0 Å². The monoisotopic (exact) mass is 446 g/mol. The number of nitrogens with two attached hydrogens (primary N) is 1. The second-order valence-electron chi connectivity index (χ2n) is 8.54. The van der Waals surface area contributed by atoms with E-state index in [0.29, 0.717) is 34.7 Å². The second-order valence-corrected chi connectivity index (χ2v) is 8.54. The van der Waals surface area contributed by atoms with Gasteiger partial charge >= 0.3 is 6.09 Å². The molecule has 1 fully saturated rings. The van der Waals surface area contributed by atoms with Crippen LogP contribution in [-0.2, 0) is 11.2 Å². The Hall–Kier alpha value is -3.93. The van der Waals surface area contributed by atoms with Crippen molar-refractivity contribution in [3.8, 4) is 17.2 Å². The van der Waals surface area contributed by atoms with Crippen LogP contribution < -0.4 is 16.4 Å². The van der Waals surface area contributed by atoms with Crippen LogP contribution in [0.25, 0.3) is 21.9 Å². The van der Waals surface area contributed by atoms with E-state index in [-0.39, 0.29) is 23.5 Å². The highest BCUT2D eigenvalue weighted by Gasteiger charge is 2.32. The number of aryl methyl sites for hydroxylation is 1. The lowest BCUT2D eigenvalue weighted by Crippen LogP contribution is -2.34. The van der Waals surface area contributed by atoms with Crippen molar-refractivity contribution in [2.75, 3.05) is 22.9 Å². The Labute approximate surface area is 190 Å². The Balaban J connectivity index is 1.46. The first-order valence-electron chi connectivity index (χ1n) is 10.9. The van der Waals surface area contributed by atoms with Gasteiger partial charge < -0.3 is 15.8 Å². The largest absolute Gasteiger partial charge is 0.446 e. The molecule has 1 amide bonds. The summed E-state index contributed by atoms with van der Waals surface area (Å²) in [4.78, 5) is 20.9. The number of carbonyl (C=O) groups excluding carboxylic acids is 1. The summed E-state index contributed by atoms with van der Waals surface area (Å²) in [5.74, 6) is -0.320. The number of nitrogens with one attached hydrogen (secondary N) is 2. The van der Waals surface area contributed by atoms with E-state index in [2.05, 4.69) is 26.7 Å². The third kappa shape index (κ3) is 3.78. The first-order chi connectivity index (χ1) is 15.9. The summed E-state index contributed by atoms with van der Waals surface area (Å²) in [6, 6.07) is 5.48. The van der Waals surface area contributed by atoms with Gasteiger partial charge in [0.1, 0.15) is 11.9 Å². The molecule has 8 nitrogen and oxygen atoms in total. The molecule has 0 radical (unpaired) electrons. The number of nitrogen functional groups attached to an aromatic ring is 1. The normalized spacial score (nSPS) is 19.1. The van der Waals surface area contributed by atoms with Crippen LogP contribution in [0.3, 0.4) is 0 Å². The van der Waals surface area contributed by atoms with Crippen molar-refractivity contribution in [1.29, 1.82) is 5.26 Å². The number of nitrogens with zero attached hydrogens (tertiary/aromatic N) is 3. The molecule has 3 heterocycles. The van der Waals surface area contributed by atoms with E-state index in [9.17, 15) is 4.79 Å². The van der Waals surface area contributed by atoms with Gasteiger partial charge in [-0.15, -0.1) is 0 Å². The molecule has 0 spiro atoms. The molecule has 4 N–H and O–H groups in total. The van der Waals surface area contributed by atoms with Crippen LogP contribution >= 0.6 is 0 Å². The lowest BCUT2D eigenvalue weighted by molar-refractivity contribution is 0.0418. The quantitative estimate of drug-likeness (QED) is 0.504. The smallest absolute Gasteiger partial charge is 0.413 e. The van der Waals surface area contributed by atoms with Crippen molar-refractivity contribution in [1.82, 2.24) is 9.97 Å². The Kier molecular flexibility index (Phi) is 5.21. The molecule has 1 aliphatic heterocycles. The number of halogens is 1. The maximum Gasteiger partial charge on any atom is 0.413 e. The third-order valence-corrected chi connectivity index (χ3v) is 6.38. The van der Waals surface area contributed by atoms with Gasteiger partial charge in [0.05, 0.1) is 29.1 Å². The van der Waals surface area contributed by atoms with Gasteiger partial charge in [-0.05, 0) is 42.8 Å². The minimum absolute atomic E-state index is 0.00813. The van der Waals surface area contributed by atoms with Crippen molar-refractivity contribution in [2.45, 2.75) is 38.7 Å².